The van der Waals surface area contributed by atoms with Gasteiger partial charge in [0.2, 0.25) is 0 Å². The van der Waals surface area contributed by atoms with Gasteiger partial charge in [-0.1, -0.05) is 20.8 Å². The van der Waals surface area contributed by atoms with Crippen molar-refractivity contribution in [2.45, 2.75) is 72.4 Å². The maximum Gasteiger partial charge on any atom is 0.0622 e. The SMILES string of the molecule is CCC1COCCN1CC(CC)(CC)CNC(C)(C)C. The minimum atomic E-state index is 0.199. The van der Waals surface area contributed by atoms with Crippen molar-refractivity contribution in [1.29, 1.82) is 0 Å². The van der Waals surface area contributed by atoms with Gasteiger partial charge in [0, 0.05) is 31.2 Å². The molecule has 1 rings (SSSR count). The monoisotopic (exact) mass is 284 g/mol. The number of ether oxygens (including phenoxy) is 1. The van der Waals surface area contributed by atoms with Gasteiger partial charge in [-0.3, -0.25) is 4.90 Å². The van der Waals surface area contributed by atoms with Crippen molar-refractivity contribution < 1.29 is 4.74 Å². The second kappa shape index (κ2) is 7.77. The number of morpholine rings is 1. The molecule has 120 valence electrons. The Hall–Kier alpha value is -0.120. The average molecular weight is 284 g/mol. The van der Waals surface area contributed by atoms with Crippen molar-refractivity contribution in [3.8, 4) is 0 Å². The van der Waals surface area contributed by atoms with Crippen LogP contribution in [0.15, 0.2) is 0 Å². The third-order valence-corrected chi connectivity index (χ3v) is 4.85. The Balaban J connectivity index is 2.68. The largest absolute Gasteiger partial charge is 0.378 e. The van der Waals surface area contributed by atoms with E-state index in [1.807, 2.05) is 0 Å². The van der Waals surface area contributed by atoms with E-state index in [2.05, 4.69) is 51.8 Å². The maximum atomic E-state index is 5.64. The van der Waals surface area contributed by atoms with Crippen molar-refractivity contribution in [2.75, 3.05) is 32.8 Å². The van der Waals surface area contributed by atoms with Crippen LogP contribution in [0.2, 0.25) is 0 Å². The molecule has 3 heteroatoms. The van der Waals surface area contributed by atoms with Crippen LogP contribution >= 0.6 is 0 Å². The molecule has 1 unspecified atom stereocenters. The van der Waals surface area contributed by atoms with E-state index in [-0.39, 0.29) is 5.54 Å². The molecule has 1 atom stereocenters. The molecule has 1 aliphatic rings. The number of hydrogen-bond acceptors (Lipinski definition) is 3. The van der Waals surface area contributed by atoms with E-state index in [0.717, 1.165) is 26.3 Å². The standard InChI is InChI=1S/C17H36N2O/c1-7-15-12-20-11-10-19(15)14-17(8-2,9-3)13-18-16(4,5)6/h15,18H,7-14H2,1-6H3. The van der Waals surface area contributed by atoms with Crippen molar-refractivity contribution in [1.82, 2.24) is 10.2 Å². The van der Waals surface area contributed by atoms with Gasteiger partial charge in [-0.15, -0.1) is 0 Å². The van der Waals surface area contributed by atoms with Crippen LogP contribution in [0.3, 0.4) is 0 Å². The van der Waals surface area contributed by atoms with Gasteiger partial charge < -0.3 is 10.1 Å². The summed E-state index contributed by atoms with van der Waals surface area (Å²) < 4.78 is 5.64. The van der Waals surface area contributed by atoms with Gasteiger partial charge >= 0.3 is 0 Å². The molecule has 1 N–H and O–H groups in total. The van der Waals surface area contributed by atoms with Gasteiger partial charge in [0.1, 0.15) is 0 Å². The molecule has 1 fully saturated rings. The van der Waals surface area contributed by atoms with E-state index in [1.165, 1.54) is 25.8 Å². The first-order chi connectivity index (χ1) is 9.36. The molecule has 1 heterocycles. The third-order valence-electron chi connectivity index (χ3n) is 4.85. The third kappa shape index (κ3) is 5.34. The Morgan fingerprint density at radius 1 is 1.15 bits per heavy atom. The van der Waals surface area contributed by atoms with Crippen molar-refractivity contribution >= 4 is 0 Å². The van der Waals surface area contributed by atoms with E-state index in [1.54, 1.807) is 0 Å². The molecule has 0 spiro atoms. The van der Waals surface area contributed by atoms with Crippen LogP contribution in [0.4, 0.5) is 0 Å². The molecule has 0 aromatic heterocycles. The summed E-state index contributed by atoms with van der Waals surface area (Å²) in [7, 11) is 0. The second-order valence-electron chi connectivity index (χ2n) is 7.42. The fraction of sp³-hybridized carbons (Fsp3) is 1.00. The normalized spacial score (nSPS) is 22.2. The summed E-state index contributed by atoms with van der Waals surface area (Å²) in [5.74, 6) is 0. The van der Waals surface area contributed by atoms with Gasteiger partial charge in [0.05, 0.1) is 13.2 Å². The zero-order valence-electron chi connectivity index (χ0n) is 14.6. The molecule has 1 aliphatic heterocycles. The van der Waals surface area contributed by atoms with Gasteiger partial charge in [-0.05, 0) is 45.4 Å². The second-order valence-corrected chi connectivity index (χ2v) is 7.42. The van der Waals surface area contributed by atoms with Crippen molar-refractivity contribution in [2.24, 2.45) is 5.41 Å². The minimum Gasteiger partial charge on any atom is -0.378 e. The Morgan fingerprint density at radius 3 is 2.30 bits per heavy atom. The first-order valence-electron chi connectivity index (χ1n) is 8.42. The number of nitrogens with one attached hydrogen (secondary N) is 1. The summed E-state index contributed by atoms with van der Waals surface area (Å²) in [5.41, 5.74) is 0.586. The quantitative estimate of drug-likeness (QED) is 0.776. The Kier molecular flexibility index (Phi) is 6.96. The molecule has 0 aliphatic carbocycles. The average Bonchev–Trinajstić information content (AvgIpc) is 2.43. The predicted octanol–water partition coefficient (Wildman–Crippen LogP) is 3.29. The molecule has 0 radical (unpaired) electrons. The molecule has 3 nitrogen and oxygen atoms in total. The van der Waals surface area contributed by atoms with E-state index in [4.69, 9.17) is 4.74 Å². The summed E-state index contributed by atoms with van der Waals surface area (Å²) in [4.78, 5) is 2.67. The lowest BCUT2D eigenvalue weighted by atomic mass is 9.80. The predicted molar refractivity (Wildman–Crippen MR) is 87.2 cm³/mol. The Labute approximate surface area is 126 Å². The van der Waals surface area contributed by atoms with Gasteiger partial charge in [0.25, 0.3) is 0 Å². The maximum absolute atomic E-state index is 5.64. The number of hydrogen-bond donors (Lipinski definition) is 1. The molecule has 0 saturated carbocycles. The minimum absolute atomic E-state index is 0.199. The molecular weight excluding hydrogens is 248 g/mol. The Bertz CT molecular complexity index is 269. The van der Waals surface area contributed by atoms with E-state index in [9.17, 15) is 0 Å². The van der Waals surface area contributed by atoms with Crippen LogP contribution in [-0.4, -0.2) is 49.3 Å². The lowest BCUT2D eigenvalue weighted by Crippen LogP contribution is -2.53. The van der Waals surface area contributed by atoms with Crippen LogP contribution in [-0.2, 0) is 4.74 Å². The smallest absolute Gasteiger partial charge is 0.0622 e. The highest BCUT2D eigenvalue weighted by Gasteiger charge is 2.33. The van der Waals surface area contributed by atoms with Gasteiger partial charge in [0.15, 0.2) is 0 Å². The molecular formula is C17H36N2O. The van der Waals surface area contributed by atoms with Crippen LogP contribution in [0.25, 0.3) is 0 Å². The Morgan fingerprint density at radius 2 is 1.80 bits per heavy atom. The van der Waals surface area contributed by atoms with Crippen LogP contribution in [0, 0.1) is 5.41 Å². The summed E-state index contributed by atoms with van der Waals surface area (Å²) >= 11 is 0. The summed E-state index contributed by atoms with van der Waals surface area (Å²) in [6.07, 6.45) is 3.66. The highest BCUT2D eigenvalue weighted by Crippen LogP contribution is 2.29. The summed E-state index contributed by atoms with van der Waals surface area (Å²) in [6, 6.07) is 0.607. The summed E-state index contributed by atoms with van der Waals surface area (Å²) in [5, 5.41) is 3.73. The lowest BCUT2D eigenvalue weighted by molar-refractivity contribution is -0.0304. The fourth-order valence-corrected chi connectivity index (χ4v) is 2.94. The zero-order valence-corrected chi connectivity index (χ0v) is 14.6. The lowest BCUT2D eigenvalue weighted by Gasteiger charge is -2.43. The fourth-order valence-electron chi connectivity index (χ4n) is 2.94. The number of rotatable bonds is 7. The first-order valence-corrected chi connectivity index (χ1v) is 8.42. The van der Waals surface area contributed by atoms with Gasteiger partial charge in [-0.2, -0.15) is 0 Å². The van der Waals surface area contributed by atoms with E-state index >= 15 is 0 Å². The first kappa shape index (κ1) is 17.9. The van der Waals surface area contributed by atoms with E-state index < -0.39 is 0 Å². The molecule has 0 aromatic carbocycles. The summed E-state index contributed by atoms with van der Waals surface area (Å²) in [6.45, 7) is 18.9. The van der Waals surface area contributed by atoms with Crippen LogP contribution < -0.4 is 5.32 Å². The van der Waals surface area contributed by atoms with Crippen molar-refractivity contribution in [3.63, 3.8) is 0 Å². The van der Waals surface area contributed by atoms with Crippen LogP contribution in [0.1, 0.15) is 60.8 Å². The number of nitrogens with zero attached hydrogens (tertiary/aromatic N) is 1. The molecule has 0 aromatic rings. The molecule has 20 heavy (non-hydrogen) atoms. The molecule has 1 saturated heterocycles. The molecule has 0 amide bonds. The topological polar surface area (TPSA) is 24.5 Å². The molecule has 0 bridgehead atoms. The van der Waals surface area contributed by atoms with Gasteiger partial charge in [-0.25, -0.2) is 0 Å². The zero-order chi connectivity index (χ0) is 15.2. The highest BCUT2D eigenvalue weighted by atomic mass is 16.5. The van der Waals surface area contributed by atoms with Crippen molar-refractivity contribution in [3.05, 3.63) is 0 Å². The van der Waals surface area contributed by atoms with Crippen LogP contribution in [0.5, 0.6) is 0 Å². The highest BCUT2D eigenvalue weighted by molar-refractivity contribution is 4.88. The van der Waals surface area contributed by atoms with E-state index in [0.29, 0.717) is 11.5 Å².